The minimum atomic E-state index is -0.183. The summed E-state index contributed by atoms with van der Waals surface area (Å²) in [6.07, 6.45) is 3.09. The van der Waals surface area contributed by atoms with Gasteiger partial charge < -0.3 is 10.2 Å². The van der Waals surface area contributed by atoms with Crippen molar-refractivity contribution in [1.29, 1.82) is 0 Å². The van der Waals surface area contributed by atoms with Gasteiger partial charge in [0.25, 0.3) is 5.91 Å². The molecule has 0 saturated heterocycles. The second-order valence-corrected chi connectivity index (χ2v) is 5.94. The quantitative estimate of drug-likeness (QED) is 0.760. The predicted molar refractivity (Wildman–Crippen MR) is 91.7 cm³/mol. The van der Waals surface area contributed by atoms with Gasteiger partial charge in [0.15, 0.2) is 0 Å². The van der Waals surface area contributed by atoms with Gasteiger partial charge in [-0.05, 0) is 26.0 Å². The molecule has 3 aromatic heterocycles. The fraction of sp³-hybridized carbons (Fsp3) is 0.312. The Morgan fingerprint density at radius 1 is 1.25 bits per heavy atom. The zero-order chi connectivity index (χ0) is 17.3. The van der Waals surface area contributed by atoms with Crippen LogP contribution in [-0.2, 0) is 0 Å². The third-order valence-electron chi connectivity index (χ3n) is 3.44. The number of carbonyl (C=O) groups excluding carboxylic acids is 1. The minimum absolute atomic E-state index is 0.183. The molecule has 24 heavy (non-hydrogen) atoms. The molecule has 3 heterocycles. The van der Waals surface area contributed by atoms with E-state index in [0.29, 0.717) is 17.1 Å². The van der Waals surface area contributed by atoms with Gasteiger partial charge in [0.2, 0.25) is 0 Å². The van der Waals surface area contributed by atoms with Crippen LogP contribution in [0.1, 0.15) is 24.3 Å². The van der Waals surface area contributed by atoms with E-state index in [-0.39, 0.29) is 11.9 Å². The average Bonchev–Trinajstić information content (AvgIpc) is 2.99. The van der Waals surface area contributed by atoms with Gasteiger partial charge in [-0.25, -0.2) is 15.0 Å². The van der Waals surface area contributed by atoms with Crippen molar-refractivity contribution in [1.82, 2.24) is 30.0 Å². The maximum atomic E-state index is 12.1. The first-order valence-electron chi connectivity index (χ1n) is 7.61. The Balaban J connectivity index is 2.13. The molecule has 2 N–H and O–H groups in total. The smallest absolute Gasteiger partial charge is 0.272 e. The summed E-state index contributed by atoms with van der Waals surface area (Å²) in [5.74, 6) is 0.544. The van der Waals surface area contributed by atoms with Crippen LogP contribution in [0.3, 0.4) is 0 Å². The summed E-state index contributed by atoms with van der Waals surface area (Å²) in [6, 6.07) is 3.72. The van der Waals surface area contributed by atoms with Crippen molar-refractivity contribution in [2.45, 2.75) is 19.9 Å². The van der Waals surface area contributed by atoms with Crippen molar-refractivity contribution in [2.75, 3.05) is 19.4 Å². The van der Waals surface area contributed by atoms with Crippen molar-refractivity contribution in [2.24, 2.45) is 0 Å². The first-order chi connectivity index (χ1) is 11.5. The molecule has 0 fully saturated rings. The van der Waals surface area contributed by atoms with E-state index in [1.807, 2.05) is 19.9 Å². The third kappa shape index (κ3) is 2.90. The van der Waals surface area contributed by atoms with Gasteiger partial charge >= 0.3 is 0 Å². The normalized spacial score (nSPS) is 11.0. The number of fused-ring (bicyclic) bond motifs is 1. The SMILES string of the molecule is CC(C)Nc1nccc2[nH]nc(-c3cc(C(=O)N(C)C)ncn3)c12. The highest BCUT2D eigenvalue weighted by atomic mass is 16.2. The van der Waals surface area contributed by atoms with Crippen molar-refractivity contribution >= 4 is 22.6 Å². The van der Waals surface area contributed by atoms with Crippen LogP contribution in [0.25, 0.3) is 22.3 Å². The summed E-state index contributed by atoms with van der Waals surface area (Å²) in [4.78, 5) is 26.3. The van der Waals surface area contributed by atoms with Gasteiger partial charge in [-0.15, -0.1) is 0 Å². The molecule has 0 radical (unpaired) electrons. The van der Waals surface area contributed by atoms with Crippen LogP contribution in [-0.4, -0.2) is 56.1 Å². The Morgan fingerprint density at radius 2 is 2.04 bits per heavy atom. The van der Waals surface area contributed by atoms with E-state index < -0.39 is 0 Å². The Labute approximate surface area is 139 Å². The first-order valence-corrected chi connectivity index (χ1v) is 7.61. The molecule has 0 saturated carbocycles. The monoisotopic (exact) mass is 325 g/mol. The lowest BCUT2D eigenvalue weighted by Crippen LogP contribution is -2.22. The second-order valence-electron chi connectivity index (χ2n) is 5.94. The van der Waals surface area contributed by atoms with Crippen LogP contribution in [0.4, 0.5) is 5.82 Å². The highest BCUT2D eigenvalue weighted by Crippen LogP contribution is 2.30. The summed E-state index contributed by atoms with van der Waals surface area (Å²) >= 11 is 0. The summed E-state index contributed by atoms with van der Waals surface area (Å²) in [6.45, 7) is 4.08. The lowest BCUT2D eigenvalue weighted by atomic mass is 10.1. The van der Waals surface area contributed by atoms with Crippen molar-refractivity contribution in [3.05, 3.63) is 30.4 Å². The fourth-order valence-electron chi connectivity index (χ4n) is 2.37. The highest BCUT2D eigenvalue weighted by Gasteiger charge is 2.17. The number of hydrogen-bond donors (Lipinski definition) is 2. The molecule has 1 amide bonds. The summed E-state index contributed by atoms with van der Waals surface area (Å²) < 4.78 is 0. The standard InChI is InChI=1S/C16H19N7O/c1-9(2)20-15-13-10(5-6-17-15)21-22-14(13)11-7-12(19-8-18-11)16(24)23(3)4/h5-9H,1-4H3,(H,17,20)(H,21,22). The number of amides is 1. The zero-order valence-electron chi connectivity index (χ0n) is 14.0. The number of aromatic amines is 1. The molecule has 0 bridgehead atoms. The van der Waals surface area contributed by atoms with E-state index in [2.05, 4.69) is 30.5 Å². The number of nitrogens with zero attached hydrogens (tertiary/aromatic N) is 5. The van der Waals surface area contributed by atoms with Crippen LogP contribution < -0.4 is 5.32 Å². The molecule has 0 aromatic carbocycles. The van der Waals surface area contributed by atoms with Gasteiger partial charge in [-0.2, -0.15) is 5.10 Å². The lowest BCUT2D eigenvalue weighted by Gasteiger charge is -2.11. The molecule has 0 unspecified atom stereocenters. The molecule has 8 heteroatoms. The number of hydrogen-bond acceptors (Lipinski definition) is 6. The number of anilines is 1. The number of aromatic nitrogens is 5. The fourth-order valence-corrected chi connectivity index (χ4v) is 2.37. The van der Waals surface area contributed by atoms with Gasteiger partial charge in [-0.3, -0.25) is 9.89 Å². The maximum absolute atomic E-state index is 12.1. The first kappa shape index (κ1) is 15.9. The molecule has 0 spiro atoms. The van der Waals surface area contributed by atoms with Gasteiger partial charge in [0.1, 0.15) is 23.5 Å². The molecule has 0 aliphatic rings. The Morgan fingerprint density at radius 3 is 2.75 bits per heavy atom. The number of H-pyrrole nitrogens is 1. The molecule has 0 aliphatic carbocycles. The van der Waals surface area contributed by atoms with E-state index in [9.17, 15) is 4.79 Å². The van der Waals surface area contributed by atoms with Crippen LogP contribution in [0.5, 0.6) is 0 Å². The number of carbonyl (C=O) groups is 1. The Bertz CT molecular complexity index is 885. The second kappa shape index (κ2) is 6.23. The van der Waals surface area contributed by atoms with E-state index in [1.165, 1.54) is 11.2 Å². The van der Waals surface area contributed by atoms with Crippen molar-refractivity contribution < 1.29 is 4.79 Å². The predicted octanol–water partition coefficient (Wildman–Crippen LogP) is 1.94. The summed E-state index contributed by atoms with van der Waals surface area (Å²) in [5, 5.41) is 11.5. The largest absolute Gasteiger partial charge is 0.367 e. The molecule has 3 aromatic rings. The van der Waals surface area contributed by atoms with E-state index in [4.69, 9.17) is 0 Å². The van der Waals surface area contributed by atoms with Gasteiger partial charge in [0.05, 0.1) is 16.6 Å². The third-order valence-corrected chi connectivity index (χ3v) is 3.44. The minimum Gasteiger partial charge on any atom is -0.367 e. The van der Waals surface area contributed by atoms with Crippen molar-refractivity contribution in [3.8, 4) is 11.4 Å². The van der Waals surface area contributed by atoms with Crippen molar-refractivity contribution in [3.63, 3.8) is 0 Å². The lowest BCUT2D eigenvalue weighted by molar-refractivity contribution is 0.0822. The van der Waals surface area contributed by atoms with Crippen LogP contribution in [0, 0.1) is 0 Å². The molecular weight excluding hydrogens is 306 g/mol. The summed E-state index contributed by atoms with van der Waals surface area (Å²) in [7, 11) is 3.37. The average molecular weight is 325 g/mol. The molecule has 8 nitrogen and oxygen atoms in total. The molecular formula is C16H19N7O. The summed E-state index contributed by atoms with van der Waals surface area (Å²) in [5.41, 5.74) is 2.38. The highest BCUT2D eigenvalue weighted by molar-refractivity contribution is 6.00. The van der Waals surface area contributed by atoms with Crippen LogP contribution >= 0.6 is 0 Å². The Kier molecular flexibility index (Phi) is 4.11. The number of pyridine rings is 1. The molecule has 0 aliphatic heterocycles. The van der Waals surface area contributed by atoms with E-state index >= 15 is 0 Å². The molecule has 124 valence electrons. The maximum Gasteiger partial charge on any atom is 0.272 e. The topological polar surface area (TPSA) is 99.7 Å². The number of rotatable bonds is 4. The van der Waals surface area contributed by atoms with Crippen LogP contribution in [0.2, 0.25) is 0 Å². The Hall–Kier alpha value is -3.03. The van der Waals surface area contributed by atoms with E-state index in [1.54, 1.807) is 26.4 Å². The van der Waals surface area contributed by atoms with Gasteiger partial charge in [0, 0.05) is 26.3 Å². The molecule has 0 atom stereocenters. The molecule has 3 rings (SSSR count). The van der Waals surface area contributed by atoms with E-state index in [0.717, 1.165) is 16.7 Å². The number of nitrogens with one attached hydrogen (secondary N) is 2. The zero-order valence-corrected chi connectivity index (χ0v) is 14.0. The van der Waals surface area contributed by atoms with Gasteiger partial charge in [-0.1, -0.05) is 0 Å². The van der Waals surface area contributed by atoms with Crippen LogP contribution in [0.15, 0.2) is 24.7 Å².